The number of nitrogens with one attached hydrogen (secondary N) is 2. The van der Waals surface area contributed by atoms with Gasteiger partial charge >= 0.3 is 0 Å². The molecule has 1 unspecified atom stereocenters. The lowest BCUT2D eigenvalue weighted by Crippen LogP contribution is -2.43. The minimum atomic E-state index is -0.471. The Kier molecular flexibility index (Phi) is 7.18. The summed E-state index contributed by atoms with van der Waals surface area (Å²) in [5, 5.41) is 6.27. The second-order valence-electron chi connectivity index (χ2n) is 6.15. The molecule has 0 saturated heterocycles. The number of para-hydroxylation sites is 1. The molecule has 0 radical (unpaired) electrons. The zero-order valence-corrected chi connectivity index (χ0v) is 16.0. The molecule has 0 aromatic heterocycles. The number of hydrogen-bond donors (Lipinski definition) is 2. The highest BCUT2D eigenvalue weighted by molar-refractivity contribution is 6.30. The number of anilines is 2. The van der Waals surface area contributed by atoms with Crippen molar-refractivity contribution in [3.05, 3.63) is 59.1 Å². The molecule has 2 amide bonds. The number of nitrogens with zero attached hydrogens (tertiary/aromatic N) is 1. The van der Waals surface area contributed by atoms with Crippen LogP contribution in [0.3, 0.4) is 0 Å². The van der Waals surface area contributed by atoms with Gasteiger partial charge in [0.1, 0.15) is 0 Å². The van der Waals surface area contributed by atoms with E-state index in [-0.39, 0.29) is 18.4 Å². The molecule has 5 nitrogen and oxygen atoms in total. The number of carbonyl (C=O) groups excluding carboxylic acids is 2. The van der Waals surface area contributed by atoms with Gasteiger partial charge in [-0.1, -0.05) is 42.8 Å². The monoisotopic (exact) mass is 373 g/mol. The largest absolute Gasteiger partial charge is 0.325 e. The summed E-state index contributed by atoms with van der Waals surface area (Å²) in [6.07, 6.45) is 0.838. The molecule has 6 heteroatoms. The molecule has 2 aromatic carbocycles. The Morgan fingerprint density at radius 2 is 1.85 bits per heavy atom. The second-order valence-corrected chi connectivity index (χ2v) is 6.59. The van der Waals surface area contributed by atoms with E-state index >= 15 is 0 Å². The van der Waals surface area contributed by atoms with E-state index in [1.54, 1.807) is 43.1 Å². The summed E-state index contributed by atoms with van der Waals surface area (Å²) in [5.74, 6) is -0.354. The van der Waals surface area contributed by atoms with E-state index < -0.39 is 6.04 Å². The summed E-state index contributed by atoms with van der Waals surface area (Å²) >= 11 is 5.93. The quantitative estimate of drug-likeness (QED) is 0.776. The van der Waals surface area contributed by atoms with E-state index in [4.69, 9.17) is 11.6 Å². The summed E-state index contributed by atoms with van der Waals surface area (Å²) in [5.41, 5.74) is 2.52. The second kappa shape index (κ2) is 9.36. The molecule has 0 heterocycles. The first-order valence-electron chi connectivity index (χ1n) is 8.55. The molecule has 138 valence electrons. The van der Waals surface area contributed by atoms with Crippen LogP contribution < -0.4 is 10.6 Å². The van der Waals surface area contributed by atoms with Crippen LogP contribution in [0.15, 0.2) is 48.5 Å². The van der Waals surface area contributed by atoms with E-state index in [2.05, 4.69) is 10.6 Å². The van der Waals surface area contributed by atoms with Crippen LogP contribution in [0.4, 0.5) is 11.4 Å². The average molecular weight is 374 g/mol. The molecule has 0 bridgehead atoms. The maximum Gasteiger partial charge on any atom is 0.241 e. The van der Waals surface area contributed by atoms with E-state index in [1.807, 2.05) is 31.2 Å². The molecule has 26 heavy (non-hydrogen) atoms. The van der Waals surface area contributed by atoms with Crippen LogP contribution in [-0.4, -0.2) is 36.3 Å². The average Bonchev–Trinajstić information content (AvgIpc) is 2.61. The van der Waals surface area contributed by atoms with Gasteiger partial charge in [0.25, 0.3) is 0 Å². The third kappa shape index (κ3) is 5.58. The molecular weight excluding hydrogens is 350 g/mol. The third-order valence-electron chi connectivity index (χ3n) is 4.20. The van der Waals surface area contributed by atoms with Gasteiger partial charge in [-0.2, -0.15) is 0 Å². The number of aryl methyl sites for hydroxylation is 1. The molecule has 0 fully saturated rings. The first kappa shape index (κ1) is 19.9. The van der Waals surface area contributed by atoms with Crippen LogP contribution in [-0.2, 0) is 16.0 Å². The van der Waals surface area contributed by atoms with Gasteiger partial charge in [0, 0.05) is 16.4 Å². The maximum atomic E-state index is 12.4. The van der Waals surface area contributed by atoms with Crippen molar-refractivity contribution < 1.29 is 9.59 Å². The van der Waals surface area contributed by atoms with Gasteiger partial charge < -0.3 is 10.6 Å². The lowest BCUT2D eigenvalue weighted by Gasteiger charge is -2.23. The van der Waals surface area contributed by atoms with Crippen LogP contribution >= 0.6 is 11.6 Å². The number of halogens is 1. The minimum absolute atomic E-state index is 0.113. The highest BCUT2D eigenvalue weighted by Gasteiger charge is 2.20. The zero-order valence-electron chi connectivity index (χ0n) is 15.3. The lowest BCUT2D eigenvalue weighted by molar-refractivity contribution is -0.122. The molecule has 0 spiro atoms. The summed E-state index contributed by atoms with van der Waals surface area (Å²) in [6, 6.07) is 14.2. The highest BCUT2D eigenvalue weighted by Crippen LogP contribution is 2.16. The summed E-state index contributed by atoms with van der Waals surface area (Å²) < 4.78 is 0. The Labute approximate surface area is 159 Å². The van der Waals surface area contributed by atoms with Crippen LogP contribution in [0.5, 0.6) is 0 Å². The summed E-state index contributed by atoms with van der Waals surface area (Å²) in [6.45, 7) is 3.91. The Hall–Kier alpha value is -2.37. The fourth-order valence-electron chi connectivity index (χ4n) is 2.52. The van der Waals surface area contributed by atoms with Crippen molar-refractivity contribution in [3.8, 4) is 0 Å². The van der Waals surface area contributed by atoms with Crippen LogP contribution in [0, 0.1) is 0 Å². The van der Waals surface area contributed by atoms with Crippen molar-refractivity contribution in [3.63, 3.8) is 0 Å². The first-order valence-corrected chi connectivity index (χ1v) is 8.93. The molecule has 0 saturated carbocycles. The fourth-order valence-corrected chi connectivity index (χ4v) is 2.71. The minimum Gasteiger partial charge on any atom is -0.325 e. The van der Waals surface area contributed by atoms with Gasteiger partial charge in [-0.15, -0.1) is 0 Å². The van der Waals surface area contributed by atoms with Crippen molar-refractivity contribution in [1.29, 1.82) is 0 Å². The molecule has 2 N–H and O–H groups in total. The third-order valence-corrected chi connectivity index (χ3v) is 4.43. The lowest BCUT2D eigenvalue weighted by atomic mass is 10.1. The Morgan fingerprint density at radius 1 is 1.12 bits per heavy atom. The number of likely N-dealkylation sites (N-methyl/N-ethyl adjacent to an activating group) is 1. The predicted molar refractivity (Wildman–Crippen MR) is 107 cm³/mol. The van der Waals surface area contributed by atoms with Crippen LogP contribution in [0.2, 0.25) is 5.02 Å². The highest BCUT2D eigenvalue weighted by atomic mass is 35.5. The van der Waals surface area contributed by atoms with Crippen molar-refractivity contribution in [1.82, 2.24) is 4.90 Å². The number of rotatable bonds is 7. The maximum absolute atomic E-state index is 12.4. The standard InChI is InChI=1S/C20H24ClN3O2/c1-4-15-8-5-6-11-18(15)23-19(25)13-24(3)14(2)20(26)22-17-10-7-9-16(21)12-17/h5-12,14H,4,13H2,1-3H3,(H,22,26)(H,23,25). The van der Waals surface area contributed by atoms with E-state index in [1.165, 1.54) is 0 Å². The summed E-state index contributed by atoms with van der Waals surface area (Å²) in [7, 11) is 1.74. The molecule has 2 rings (SSSR count). The topological polar surface area (TPSA) is 61.4 Å². The normalized spacial score (nSPS) is 11.9. The molecule has 0 aliphatic rings. The number of hydrogen-bond acceptors (Lipinski definition) is 3. The smallest absolute Gasteiger partial charge is 0.241 e. The van der Waals surface area contributed by atoms with E-state index in [0.717, 1.165) is 17.7 Å². The van der Waals surface area contributed by atoms with Gasteiger partial charge in [0.2, 0.25) is 11.8 Å². The molecule has 1 atom stereocenters. The van der Waals surface area contributed by atoms with Crippen molar-refractivity contribution in [2.24, 2.45) is 0 Å². The van der Waals surface area contributed by atoms with Gasteiger partial charge in [-0.05, 0) is 50.2 Å². The first-order chi connectivity index (χ1) is 12.4. The van der Waals surface area contributed by atoms with Crippen molar-refractivity contribution in [2.75, 3.05) is 24.2 Å². The Balaban J connectivity index is 1.92. The fraction of sp³-hybridized carbons (Fsp3) is 0.300. The SMILES string of the molecule is CCc1ccccc1NC(=O)CN(C)C(C)C(=O)Nc1cccc(Cl)c1. The van der Waals surface area contributed by atoms with Crippen molar-refractivity contribution in [2.45, 2.75) is 26.3 Å². The molecule has 0 aliphatic heterocycles. The summed E-state index contributed by atoms with van der Waals surface area (Å²) in [4.78, 5) is 26.4. The van der Waals surface area contributed by atoms with Crippen molar-refractivity contribution >= 4 is 34.8 Å². The van der Waals surface area contributed by atoms with Crippen LogP contribution in [0.25, 0.3) is 0 Å². The molecule has 2 aromatic rings. The Morgan fingerprint density at radius 3 is 2.54 bits per heavy atom. The van der Waals surface area contributed by atoms with E-state index in [0.29, 0.717) is 10.7 Å². The number of carbonyl (C=O) groups is 2. The predicted octanol–water partition coefficient (Wildman–Crippen LogP) is 3.80. The number of benzene rings is 2. The Bertz CT molecular complexity index is 779. The van der Waals surface area contributed by atoms with E-state index in [9.17, 15) is 9.59 Å². The molecule has 0 aliphatic carbocycles. The van der Waals surface area contributed by atoms with Gasteiger partial charge in [-0.25, -0.2) is 0 Å². The van der Waals surface area contributed by atoms with Gasteiger partial charge in [0.15, 0.2) is 0 Å². The van der Waals surface area contributed by atoms with Crippen LogP contribution in [0.1, 0.15) is 19.4 Å². The zero-order chi connectivity index (χ0) is 19.1. The van der Waals surface area contributed by atoms with Gasteiger partial charge in [-0.3, -0.25) is 14.5 Å². The number of amides is 2. The van der Waals surface area contributed by atoms with Gasteiger partial charge in [0.05, 0.1) is 12.6 Å². The molecular formula is C20H24ClN3O2.